The van der Waals surface area contributed by atoms with Crippen LogP contribution in [0.5, 0.6) is 0 Å². The molecule has 0 radical (unpaired) electrons. The van der Waals surface area contributed by atoms with E-state index in [1.165, 1.54) is 4.57 Å². The largest absolute Gasteiger partial charge is 0.478 e. The summed E-state index contributed by atoms with van der Waals surface area (Å²) in [6, 6.07) is 10.4. The molecule has 1 aromatic carbocycles. The molecule has 6 nitrogen and oxygen atoms in total. The Kier molecular flexibility index (Phi) is 5.44. The lowest BCUT2D eigenvalue weighted by molar-refractivity contribution is 0.0680. The summed E-state index contributed by atoms with van der Waals surface area (Å²) in [6.45, 7) is 3.05. The summed E-state index contributed by atoms with van der Waals surface area (Å²) in [5.41, 5.74) is 2.09. The van der Waals surface area contributed by atoms with Gasteiger partial charge < -0.3 is 14.6 Å². The first-order valence-electron chi connectivity index (χ1n) is 9.15. The van der Waals surface area contributed by atoms with Gasteiger partial charge in [-0.15, -0.1) is 0 Å². The van der Waals surface area contributed by atoms with Crippen LogP contribution in [0.2, 0.25) is 0 Å². The lowest BCUT2D eigenvalue weighted by atomic mass is 9.89. The van der Waals surface area contributed by atoms with Crippen molar-refractivity contribution in [2.24, 2.45) is 13.0 Å². The summed E-state index contributed by atoms with van der Waals surface area (Å²) in [7, 11) is 1.67. The van der Waals surface area contributed by atoms with Gasteiger partial charge in [0.05, 0.1) is 5.56 Å². The van der Waals surface area contributed by atoms with Crippen LogP contribution in [0.25, 0.3) is 0 Å². The molecule has 0 unspecified atom stereocenters. The minimum absolute atomic E-state index is 0.207. The molecule has 0 aliphatic carbocycles. The summed E-state index contributed by atoms with van der Waals surface area (Å²) in [5, 5.41) is 9.11. The van der Waals surface area contributed by atoms with Crippen LogP contribution >= 0.6 is 0 Å². The van der Waals surface area contributed by atoms with Crippen molar-refractivity contribution in [3.63, 3.8) is 0 Å². The second-order valence-electron chi connectivity index (χ2n) is 7.20. The number of aromatic carboxylic acids is 1. The molecule has 0 saturated carbocycles. The Labute approximate surface area is 158 Å². The van der Waals surface area contributed by atoms with Crippen molar-refractivity contribution in [2.45, 2.75) is 26.2 Å². The van der Waals surface area contributed by atoms with Gasteiger partial charge in [-0.3, -0.25) is 9.59 Å². The number of pyridine rings is 1. The van der Waals surface area contributed by atoms with E-state index in [1.807, 2.05) is 13.0 Å². The number of carboxylic acids is 1. The van der Waals surface area contributed by atoms with E-state index in [-0.39, 0.29) is 17.0 Å². The van der Waals surface area contributed by atoms with Crippen molar-refractivity contribution in [3.8, 4) is 0 Å². The maximum atomic E-state index is 12.7. The first kappa shape index (κ1) is 18.9. The average Bonchev–Trinajstić information content (AvgIpc) is 2.66. The maximum absolute atomic E-state index is 12.7. The number of likely N-dealkylation sites (tertiary alicyclic amines) is 1. The van der Waals surface area contributed by atoms with Crippen LogP contribution in [-0.4, -0.2) is 39.5 Å². The predicted octanol–water partition coefficient (Wildman–Crippen LogP) is 2.49. The third-order valence-corrected chi connectivity index (χ3v) is 5.39. The van der Waals surface area contributed by atoms with E-state index in [4.69, 9.17) is 5.11 Å². The highest BCUT2D eigenvalue weighted by Crippen LogP contribution is 2.23. The number of carbonyl (C=O) groups excluding carboxylic acids is 1. The number of aromatic nitrogens is 1. The first-order valence-corrected chi connectivity index (χ1v) is 9.15. The zero-order valence-corrected chi connectivity index (χ0v) is 15.6. The topological polar surface area (TPSA) is 79.6 Å². The quantitative estimate of drug-likeness (QED) is 0.899. The summed E-state index contributed by atoms with van der Waals surface area (Å²) in [4.78, 5) is 37.9. The van der Waals surface area contributed by atoms with E-state index >= 15 is 0 Å². The summed E-state index contributed by atoms with van der Waals surface area (Å²) < 4.78 is 1.50. The minimum Gasteiger partial charge on any atom is -0.478 e. The third-order valence-electron chi connectivity index (χ3n) is 5.39. The molecular weight excluding hydrogens is 344 g/mol. The molecule has 2 aromatic rings. The van der Waals surface area contributed by atoms with E-state index in [9.17, 15) is 14.4 Å². The van der Waals surface area contributed by atoms with Crippen LogP contribution in [0.3, 0.4) is 0 Å². The molecule has 0 bridgehead atoms. The van der Waals surface area contributed by atoms with Gasteiger partial charge in [-0.25, -0.2) is 4.79 Å². The molecule has 3 rings (SSSR count). The van der Waals surface area contributed by atoms with Crippen LogP contribution in [0, 0.1) is 12.8 Å². The molecule has 1 aliphatic rings. The number of nitrogens with zero attached hydrogens (tertiary/aromatic N) is 2. The van der Waals surface area contributed by atoms with Crippen molar-refractivity contribution < 1.29 is 14.7 Å². The number of benzene rings is 1. The normalized spacial score (nSPS) is 15.0. The SMILES string of the molecule is Cc1ccc(C(=O)N2CCC(Cc3cccc(C(=O)O)c3)CC2)c(=O)n1C. The van der Waals surface area contributed by atoms with Gasteiger partial charge in [0.2, 0.25) is 0 Å². The highest BCUT2D eigenvalue weighted by Gasteiger charge is 2.25. The van der Waals surface area contributed by atoms with E-state index in [0.29, 0.717) is 24.6 Å². The molecule has 27 heavy (non-hydrogen) atoms. The Morgan fingerprint density at radius 3 is 2.52 bits per heavy atom. The van der Waals surface area contributed by atoms with Crippen molar-refractivity contribution >= 4 is 11.9 Å². The number of hydrogen-bond acceptors (Lipinski definition) is 3. The fourth-order valence-electron chi connectivity index (χ4n) is 3.57. The first-order chi connectivity index (χ1) is 12.9. The second kappa shape index (κ2) is 7.78. The zero-order chi connectivity index (χ0) is 19.6. The average molecular weight is 368 g/mol. The molecule has 0 atom stereocenters. The molecule has 0 spiro atoms. The van der Waals surface area contributed by atoms with Gasteiger partial charge in [-0.2, -0.15) is 0 Å². The number of aryl methyl sites for hydroxylation is 1. The Morgan fingerprint density at radius 2 is 1.85 bits per heavy atom. The summed E-state index contributed by atoms with van der Waals surface area (Å²) in [5.74, 6) is -0.724. The Hall–Kier alpha value is -2.89. The van der Waals surface area contributed by atoms with Gasteiger partial charge >= 0.3 is 5.97 Å². The van der Waals surface area contributed by atoms with Crippen LogP contribution in [0.15, 0.2) is 41.2 Å². The third kappa shape index (κ3) is 4.10. The molecule has 1 N–H and O–H groups in total. The van der Waals surface area contributed by atoms with Crippen molar-refractivity contribution in [1.29, 1.82) is 0 Å². The molecule has 2 heterocycles. The number of carbonyl (C=O) groups is 2. The fraction of sp³-hybridized carbons (Fsp3) is 0.381. The van der Waals surface area contributed by atoms with Crippen LogP contribution in [-0.2, 0) is 13.5 Å². The van der Waals surface area contributed by atoms with Crippen LogP contribution in [0.1, 0.15) is 44.8 Å². The minimum atomic E-state index is -0.919. The smallest absolute Gasteiger partial charge is 0.335 e. The monoisotopic (exact) mass is 368 g/mol. The predicted molar refractivity (Wildman–Crippen MR) is 102 cm³/mol. The molecule has 1 saturated heterocycles. The number of amides is 1. The number of hydrogen-bond donors (Lipinski definition) is 1. The lowest BCUT2D eigenvalue weighted by Crippen LogP contribution is -2.41. The fourth-order valence-corrected chi connectivity index (χ4v) is 3.57. The van der Waals surface area contributed by atoms with Gasteiger partial charge in [-0.05, 0) is 61.9 Å². The summed E-state index contributed by atoms with van der Waals surface area (Å²) >= 11 is 0. The standard InChI is InChI=1S/C21H24N2O4/c1-14-6-7-18(19(24)22(14)2)20(25)23-10-8-15(9-11-23)12-16-4-3-5-17(13-16)21(26)27/h3-7,13,15H,8-12H2,1-2H3,(H,26,27). The Bertz CT molecular complexity index is 924. The van der Waals surface area contributed by atoms with Crippen molar-refractivity contribution in [2.75, 3.05) is 13.1 Å². The number of piperidine rings is 1. The van der Waals surface area contributed by atoms with E-state index in [2.05, 4.69) is 0 Å². The van der Waals surface area contributed by atoms with E-state index in [1.54, 1.807) is 42.3 Å². The lowest BCUT2D eigenvalue weighted by Gasteiger charge is -2.32. The molecule has 6 heteroatoms. The maximum Gasteiger partial charge on any atom is 0.335 e. The van der Waals surface area contributed by atoms with Gasteiger partial charge in [0.25, 0.3) is 11.5 Å². The summed E-state index contributed by atoms with van der Waals surface area (Å²) in [6.07, 6.45) is 2.49. The highest BCUT2D eigenvalue weighted by molar-refractivity contribution is 5.94. The van der Waals surface area contributed by atoms with E-state index in [0.717, 1.165) is 30.5 Å². The zero-order valence-electron chi connectivity index (χ0n) is 15.6. The van der Waals surface area contributed by atoms with Gasteiger partial charge in [0.15, 0.2) is 0 Å². The van der Waals surface area contributed by atoms with Gasteiger partial charge in [-0.1, -0.05) is 12.1 Å². The number of carboxylic acid groups (broad SMARTS) is 1. The highest BCUT2D eigenvalue weighted by atomic mass is 16.4. The van der Waals surface area contributed by atoms with Crippen LogP contribution < -0.4 is 5.56 Å². The molecule has 1 fully saturated rings. The molecule has 1 amide bonds. The molecule has 1 aromatic heterocycles. The Morgan fingerprint density at radius 1 is 1.15 bits per heavy atom. The van der Waals surface area contributed by atoms with Crippen molar-refractivity contribution in [3.05, 3.63) is 69.1 Å². The Balaban J connectivity index is 1.63. The van der Waals surface area contributed by atoms with Crippen LogP contribution in [0.4, 0.5) is 0 Å². The van der Waals surface area contributed by atoms with E-state index < -0.39 is 5.97 Å². The molecule has 1 aliphatic heterocycles. The molecular formula is C21H24N2O4. The van der Waals surface area contributed by atoms with Crippen molar-refractivity contribution in [1.82, 2.24) is 9.47 Å². The molecule has 142 valence electrons. The number of rotatable bonds is 4. The second-order valence-corrected chi connectivity index (χ2v) is 7.20. The van der Waals surface area contributed by atoms with Gasteiger partial charge in [0.1, 0.15) is 5.56 Å². The van der Waals surface area contributed by atoms with Gasteiger partial charge in [0, 0.05) is 25.8 Å².